The molecule has 0 atom stereocenters. The number of thiazole rings is 1. The highest BCUT2D eigenvalue weighted by atomic mass is 32.1. The van der Waals surface area contributed by atoms with Crippen LogP contribution in [0.5, 0.6) is 0 Å². The van der Waals surface area contributed by atoms with Crippen molar-refractivity contribution in [2.24, 2.45) is 0 Å². The highest BCUT2D eigenvalue weighted by molar-refractivity contribution is 7.80. The minimum Gasteiger partial charge on any atom is -0.393 e. The second-order valence-electron chi connectivity index (χ2n) is 5.53. The van der Waals surface area contributed by atoms with E-state index < -0.39 is 4.92 Å². The number of hydrogen-bond donors (Lipinski definition) is 3. The third-order valence-corrected chi connectivity index (χ3v) is 4.99. The average Bonchev–Trinajstić information content (AvgIpc) is 2.90. The molecule has 1 heterocycles. The Morgan fingerprint density at radius 1 is 1.39 bits per heavy atom. The molecule has 0 radical (unpaired) electrons. The SMILES string of the molecule is O=[N+]([O-])c1ccc2nc(NC(=S)NC3CCC(O)CC3)sc2c1. The molecule has 1 aliphatic rings. The van der Waals surface area contributed by atoms with Gasteiger partial charge in [-0.05, 0) is 44.0 Å². The number of fused-ring (bicyclic) bond motifs is 1. The number of non-ortho nitro benzene ring substituents is 1. The van der Waals surface area contributed by atoms with Gasteiger partial charge in [0.2, 0.25) is 0 Å². The summed E-state index contributed by atoms with van der Waals surface area (Å²) in [5.74, 6) is 0. The number of hydrogen-bond acceptors (Lipinski definition) is 6. The molecule has 2 aromatic rings. The Morgan fingerprint density at radius 3 is 2.83 bits per heavy atom. The molecule has 1 aliphatic carbocycles. The Balaban J connectivity index is 1.64. The van der Waals surface area contributed by atoms with Crippen molar-refractivity contribution in [2.45, 2.75) is 37.8 Å². The van der Waals surface area contributed by atoms with Gasteiger partial charge in [-0.25, -0.2) is 4.98 Å². The molecule has 0 amide bonds. The zero-order valence-corrected chi connectivity index (χ0v) is 13.8. The minimum atomic E-state index is -0.421. The lowest BCUT2D eigenvalue weighted by molar-refractivity contribution is -0.384. The molecule has 0 saturated heterocycles. The van der Waals surface area contributed by atoms with Crippen LogP contribution >= 0.6 is 23.6 Å². The van der Waals surface area contributed by atoms with Gasteiger partial charge in [-0.3, -0.25) is 10.1 Å². The first-order valence-corrected chi connectivity index (χ1v) is 8.54. The molecule has 0 spiro atoms. The van der Waals surface area contributed by atoms with Crippen molar-refractivity contribution in [3.63, 3.8) is 0 Å². The third-order valence-electron chi connectivity index (χ3n) is 3.84. The van der Waals surface area contributed by atoms with Crippen molar-refractivity contribution in [2.75, 3.05) is 5.32 Å². The quantitative estimate of drug-likeness (QED) is 0.444. The van der Waals surface area contributed by atoms with Gasteiger partial charge in [0.05, 0.1) is 21.2 Å². The number of aliphatic hydroxyl groups excluding tert-OH is 1. The van der Waals surface area contributed by atoms with Crippen LogP contribution in [-0.2, 0) is 0 Å². The Bertz CT molecular complexity index is 741. The summed E-state index contributed by atoms with van der Waals surface area (Å²) < 4.78 is 0.741. The Labute approximate surface area is 141 Å². The molecule has 7 nitrogen and oxygen atoms in total. The summed E-state index contributed by atoms with van der Waals surface area (Å²) in [6.07, 6.45) is 3.13. The predicted octanol–water partition coefficient (Wildman–Crippen LogP) is 2.79. The highest BCUT2D eigenvalue weighted by Crippen LogP contribution is 2.29. The molecule has 1 aromatic carbocycles. The number of nitro groups is 1. The van der Waals surface area contributed by atoms with E-state index >= 15 is 0 Å². The molecule has 23 heavy (non-hydrogen) atoms. The van der Waals surface area contributed by atoms with E-state index in [2.05, 4.69) is 15.6 Å². The molecular weight excluding hydrogens is 336 g/mol. The fourth-order valence-corrected chi connectivity index (χ4v) is 3.85. The van der Waals surface area contributed by atoms with Crippen molar-refractivity contribution in [3.05, 3.63) is 28.3 Å². The third kappa shape index (κ3) is 3.92. The van der Waals surface area contributed by atoms with Gasteiger partial charge in [-0.1, -0.05) is 11.3 Å². The number of nitro benzene ring substituents is 1. The molecule has 1 aromatic heterocycles. The molecule has 9 heteroatoms. The summed E-state index contributed by atoms with van der Waals surface area (Å²) in [6.45, 7) is 0. The van der Waals surface area contributed by atoms with Crippen molar-refractivity contribution in [3.8, 4) is 0 Å². The minimum absolute atomic E-state index is 0.0502. The van der Waals surface area contributed by atoms with Gasteiger partial charge in [-0.2, -0.15) is 0 Å². The van der Waals surface area contributed by atoms with Gasteiger partial charge in [0.25, 0.3) is 5.69 Å². The van der Waals surface area contributed by atoms with E-state index in [1.54, 1.807) is 6.07 Å². The maximum atomic E-state index is 10.8. The summed E-state index contributed by atoms with van der Waals surface area (Å²) >= 11 is 6.62. The number of anilines is 1. The van der Waals surface area contributed by atoms with Crippen LogP contribution < -0.4 is 10.6 Å². The Morgan fingerprint density at radius 2 is 2.13 bits per heavy atom. The fourth-order valence-electron chi connectivity index (χ4n) is 2.62. The lowest BCUT2D eigenvalue weighted by Gasteiger charge is -2.27. The molecule has 0 bridgehead atoms. The maximum Gasteiger partial charge on any atom is 0.270 e. The van der Waals surface area contributed by atoms with Crippen molar-refractivity contribution in [1.29, 1.82) is 0 Å². The first kappa shape index (κ1) is 16.0. The van der Waals surface area contributed by atoms with E-state index in [-0.39, 0.29) is 17.8 Å². The van der Waals surface area contributed by atoms with Crippen LogP contribution in [-0.4, -0.2) is 32.3 Å². The number of nitrogens with zero attached hydrogens (tertiary/aromatic N) is 2. The Kier molecular flexibility index (Phi) is 4.69. The zero-order valence-electron chi connectivity index (χ0n) is 12.2. The monoisotopic (exact) mass is 352 g/mol. The molecule has 0 aliphatic heterocycles. The second-order valence-corrected chi connectivity index (χ2v) is 6.97. The molecule has 1 saturated carbocycles. The van der Waals surface area contributed by atoms with Crippen molar-refractivity contribution < 1.29 is 10.0 Å². The van der Waals surface area contributed by atoms with Crippen LogP contribution in [0, 0.1) is 10.1 Å². The van der Waals surface area contributed by atoms with Gasteiger partial charge in [0, 0.05) is 18.2 Å². The first-order valence-electron chi connectivity index (χ1n) is 7.32. The standard InChI is InChI=1S/C14H16N4O3S2/c19-10-4-1-8(2-5-10)15-13(22)17-14-16-11-6-3-9(18(20)21)7-12(11)23-14/h3,6-8,10,19H,1-2,4-5H2,(H2,15,16,17,22). The fraction of sp³-hybridized carbons (Fsp3) is 0.429. The van der Waals surface area contributed by atoms with Gasteiger partial charge in [0.1, 0.15) is 0 Å². The summed E-state index contributed by atoms with van der Waals surface area (Å²) in [5, 5.41) is 27.7. The van der Waals surface area contributed by atoms with E-state index in [1.807, 2.05) is 0 Å². The summed E-state index contributed by atoms with van der Waals surface area (Å²) in [7, 11) is 0. The molecule has 1 fully saturated rings. The second kappa shape index (κ2) is 6.73. The average molecular weight is 352 g/mol. The highest BCUT2D eigenvalue weighted by Gasteiger charge is 2.20. The zero-order chi connectivity index (χ0) is 16.4. The molecule has 3 rings (SSSR count). The number of nitrogens with one attached hydrogen (secondary N) is 2. The van der Waals surface area contributed by atoms with E-state index in [1.165, 1.54) is 23.5 Å². The van der Waals surface area contributed by atoms with Gasteiger partial charge >= 0.3 is 0 Å². The topological polar surface area (TPSA) is 100 Å². The normalized spacial score (nSPS) is 21.1. The van der Waals surface area contributed by atoms with Crippen molar-refractivity contribution >= 4 is 49.7 Å². The maximum absolute atomic E-state index is 10.8. The lowest BCUT2D eigenvalue weighted by atomic mass is 9.93. The predicted molar refractivity (Wildman–Crippen MR) is 93.9 cm³/mol. The summed E-state index contributed by atoms with van der Waals surface area (Å²) in [6, 6.07) is 4.84. The van der Waals surface area contributed by atoms with Crippen molar-refractivity contribution in [1.82, 2.24) is 10.3 Å². The molecule has 3 N–H and O–H groups in total. The van der Waals surface area contributed by atoms with E-state index in [0.717, 1.165) is 30.4 Å². The van der Waals surface area contributed by atoms with Crippen LogP contribution in [0.4, 0.5) is 10.8 Å². The molecule has 0 unspecified atom stereocenters. The van der Waals surface area contributed by atoms with Crippen LogP contribution in [0.1, 0.15) is 25.7 Å². The first-order chi connectivity index (χ1) is 11.0. The van der Waals surface area contributed by atoms with E-state index in [0.29, 0.717) is 15.8 Å². The summed E-state index contributed by atoms with van der Waals surface area (Å²) in [5.41, 5.74) is 0.751. The van der Waals surface area contributed by atoms with Crippen LogP contribution in [0.3, 0.4) is 0 Å². The van der Waals surface area contributed by atoms with Crippen LogP contribution in [0.15, 0.2) is 18.2 Å². The lowest BCUT2D eigenvalue weighted by Crippen LogP contribution is -2.40. The molecular formula is C14H16N4O3S2. The number of rotatable bonds is 3. The number of aliphatic hydroxyl groups is 1. The number of aromatic nitrogens is 1. The van der Waals surface area contributed by atoms with E-state index in [4.69, 9.17) is 12.2 Å². The number of benzene rings is 1. The Hall–Kier alpha value is -1.84. The molecule has 122 valence electrons. The van der Waals surface area contributed by atoms with Crippen LogP contribution in [0.25, 0.3) is 10.2 Å². The smallest absolute Gasteiger partial charge is 0.270 e. The largest absolute Gasteiger partial charge is 0.393 e. The van der Waals surface area contributed by atoms with Gasteiger partial charge < -0.3 is 15.7 Å². The van der Waals surface area contributed by atoms with Gasteiger partial charge in [0.15, 0.2) is 10.2 Å². The van der Waals surface area contributed by atoms with Crippen LogP contribution in [0.2, 0.25) is 0 Å². The van der Waals surface area contributed by atoms with E-state index in [9.17, 15) is 15.2 Å². The number of thiocarbonyl (C=S) groups is 1. The van der Waals surface area contributed by atoms with Gasteiger partial charge in [-0.15, -0.1) is 0 Å². The summed E-state index contributed by atoms with van der Waals surface area (Å²) in [4.78, 5) is 14.8.